The minimum atomic E-state index is -3.33. The second-order valence-electron chi connectivity index (χ2n) is 4.77. The molecule has 0 aromatic heterocycles. The van der Waals surface area contributed by atoms with E-state index in [1.54, 1.807) is 7.11 Å². The summed E-state index contributed by atoms with van der Waals surface area (Å²) >= 11 is 0. The summed E-state index contributed by atoms with van der Waals surface area (Å²) in [5.41, 5.74) is 0. The zero-order chi connectivity index (χ0) is 14.5. The molecule has 0 aliphatic carbocycles. The number of hydrogen-bond donors (Lipinski definition) is 1. The number of carbonyl (C=O) groups is 1. The van der Waals surface area contributed by atoms with Crippen LogP contribution in [0.5, 0.6) is 0 Å². The summed E-state index contributed by atoms with van der Waals surface area (Å²) in [4.78, 5) is 11.5. The van der Waals surface area contributed by atoms with Gasteiger partial charge in [-0.3, -0.25) is 4.79 Å². The van der Waals surface area contributed by atoms with E-state index in [2.05, 4.69) is 5.32 Å². The Bertz CT molecular complexity index is 389. The normalized spacial score (nSPS) is 18.7. The average molecular weight is 293 g/mol. The number of methoxy groups -OCH3 is 1. The first-order chi connectivity index (χ1) is 8.87. The van der Waals surface area contributed by atoms with E-state index in [-0.39, 0.29) is 11.9 Å². The summed E-state index contributed by atoms with van der Waals surface area (Å²) in [6.07, 6.45) is 1.63. The van der Waals surface area contributed by atoms with Gasteiger partial charge in [0.15, 0.2) is 0 Å². The van der Waals surface area contributed by atoms with Gasteiger partial charge in [-0.05, 0) is 12.8 Å². The fourth-order valence-corrected chi connectivity index (χ4v) is 3.09. The van der Waals surface area contributed by atoms with Crippen molar-refractivity contribution in [2.24, 2.45) is 0 Å². The molecule has 7 nitrogen and oxygen atoms in total. The Labute approximate surface area is 115 Å². The van der Waals surface area contributed by atoms with E-state index < -0.39 is 10.2 Å². The number of nitrogens with zero attached hydrogens (tertiary/aromatic N) is 2. The average Bonchev–Trinajstić information content (AvgIpc) is 2.36. The first-order valence-corrected chi connectivity index (χ1v) is 7.73. The van der Waals surface area contributed by atoms with Gasteiger partial charge in [0, 0.05) is 46.8 Å². The van der Waals surface area contributed by atoms with Crippen LogP contribution in [0, 0.1) is 0 Å². The third-order valence-electron chi connectivity index (χ3n) is 3.14. The highest BCUT2D eigenvalue weighted by molar-refractivity contribution is 7.86. The van der Waals surface area contributed by atoms with Gasteiger partial charge in [-0.15, -0.1) is 0 Å². The van der Waals surface area contributed by atoms with Gasteiger partial charge in [-0.25, -0.2) is 0 Å². The van der Waals surface area contributed by atoms with Gasteiger partial charge >= 0.3 is 0 Å². The number of hydrogen-bond acceptors (Lipinski definition) is 4. The topological polar surface area (TPSA) is 79.0 Å². The van der Waals surface area contributed by atoms with Gasteiger partial charge in [-0.2, -0.15) is 17.0 Å². The summed E-state index contributed by atoms with van der Waals surface area (Å²) in [6.45, 7) is 1.28. The molecule has 0 saturated carbocycles. The maximum absolute atomic E-state index is 11.9. The molecule has 1 aliphatic rings. The fraction of sp³-hybridized carbons (Fsp3) is 0.909. The van der Waals surface area contributed by atoms with Crippen molar-refractivity contribution in [2.45, 2.75) is 25.3 Å². The lowest BCUT2D eigenvalue weighted by atomic mass is 10.1. The molecule has 0 aromatic rings. The molecule has 0 spiro atoms. The third-order valence-corrected chi connectivity index (χ3v) is 5.08. The van der Waals surface area contributed by atoms with E-state index in [0.717, 1.165) is 0 Å². The van der Waals surface area contributed by atoms with Crippen molar-refractivity contribution in [3.05, 3.63) is 0 Å². The minimum absolute atomic E-state index is 0.0456. The molecular weight excluding hydrogens is 270 g/mol. The van der Waals surface area contributed by atoms with E-state index in [9.17, 15) is 13.2 Å². The van der Waals surface area contributed by atoms with Gasteiger partial charge in [0.05, 0.1) is 6.61 Å². The predicted molar refractivity (Wildman–Crippen MR) is 71.8 cm³/mol. The smallest absolute Gasteiger partial charge is 0.281 e. The largest absolute Gasteiger partial charge is 0.384 e. The lowest BCUT2D eigenvalue weighted by Gasteiger charge is -2.33. The maximum Gasteiger partial charge on any atom is 0.281 e. The number of rotatable bonds is 6. The number of carbonyl (C=O) groups excluding carboxylic acids is 1. The zero-order valence-electron chi connectivity index (χ0n) is 11.8. The van der Waals surface area contributed by atoms with Crippen molar-refractivity contribution in [3.8, 4) is 0 Å². The quantitative estimate of drug-likeness (QED) is 0.710. The molecule has 1 heterocycles. The Hall–Kier alpha value is -0.700. The Morgan fingerprint density at radius 2 is 1.95 bits per heavy atom. The van der Waals surface area contributed by atoms with Crippen molar-refractivity contribution >= 4 is 16.1 Å². The maximum atomic E-state index is 11.9. The van der Waals surface area contributed by atoms with Gasteiger partial charge in [-0.1, -0.05) is 0 Å². The first-order valence-electron chi connectivity index (χ1n) is 6.34. The molecule has 112 valence electrons. The predicted octanol–water partition coefficient (Wildman–Crippen LogP) is -0.590. The molecule has 0 radical (unpaired) electrons. The Balaban J connectivity index is 2.39. The summed E-state index contributed by atoms with van der Waals surface area (Å²) in [5.74, 6) is -0.0456. The molecule has 1 saturated heterocycles. The lowest BCUT2D eigenvalue weighted by molar-refractivity contribution is -0.122. The summed E-state index contributed by atoms with van der Waals surface area (Å²) in [5, 5.41) is 2.90. The molecule has 0 atom stereocenters. The molecular formula is C11H23N3O4S. The standard InChI is InChI=1S/C11H23N3O4S/c1-13(2)19(16,17)14-7-4-10(5-8-14)12-11(15)6-9-18-3/h10H,4-9H2,1-3H3,(H,12,15). The molecule has 8 heteroatoms. The Morgan fingerprint density at radius 3 is 2.42 bits per heavy atom. The molecule has 19 heavy (non-hydrogen) atoms. The molecule has 1 N–H and O–H groups in total. The Morgan fingerprint density at radius 1 is 1.37 bits per heavy atom. The van der Waals surface area contributed by atoms with E-state index in [4.69, 9.17) is 4.74 Å². The molecule has 0 unspecified atom stereocenters. The second kappa shape index (κ2) is 7.18. The molecule has 1 rings (SSSR count). The fourth-order valence-electron chi connectivity index (χ4n) is 1.96. The van der Waals surface area contributed by atoms with Crippen molar-refractivity contribution in [3.63, 3.8) is 0 Å². The molecule has 1 aliphatic heterocycles. The zero-order valence-corrected chi connectivity index (χ0v) is 12.6. The van der Waals surface area contributed by atoms with Gasteiger partial charge in [0.25, 0.3) is 10.2 Å². The van der Waals surface area contributed by atoms with Crippen LogP contribution in [0.2, 0.25) is 0 Å². The first kappa shape index (κ1) is 16.4. The van der Waals surface area contributed by atoms with Crippen LogP contribution < -0.4 is 5.32 Å². The molecule has 0 bridgehead atoms. The van der Waals surface area contributed by atoms with Crippen LogP contribution in [0.4, 0.5) is 0 Å². The van der Waals surface area contributed by atoms with Crippen LogP contribution in [0.15, 0.2) is 0 Å². The van der Waals surface area contributed by atoms with Crippen LogP contribution >= 0.6 is 0 Å². The molecule has 1 amide bonds. The number of nitrogens with one attached hydrogen (secondary N) is 1. The van der Waals surface area contributed by atoms with Gasteiger partial charge in [0.2, 0.25) is 5.91 Å². The van der Waals surface area contributed by atoms with E-state index >= 15 is 0 Å². The lowest BCUT2D eigenvalue weighted by Crippen LogP contribution is -2.49. The third kappa shape index (κ3) is 4.72. The number of amides is 1. The van der Waals surface area contributed by atoms with Crippen LogP contribution in [0.25, 0.3) is 0 Å². The second-order valence-corrected chi connectivity index (χ2v) is 6.92. The Kier molecular flexibility index (Phi) is 6.18. The molecule has 0 aromatic carbocycles. The van der Waals surface area contributed by atoms with E-state index in [1.165, 1.54) is 22.7 Å². The van der Waals surface area contributed by atoms with Crippen LogP contribution in [0.1, 0.15) is 19.3 Å². The highest BCUT2D eigenvalue weighted by Crippen LogP contribution is 2.15. The van der Waals surface area contributed by atoms with Crippen molar-refractivity contribution < 1.29 is 17.9 Å². The molecule has 1 fully saturated rings. The summed E-state index contributed by atoms with van der Waals surface area (Å²) < 4.78 is 31.3. The summed E-state index contributed by atoms with van der Waals surface area (Å²) in [6, 6.07) is 0.0537. The minimum Gasteiger partial charge on any atom is -0.384 e. The van der Waals surface area contributed by atoms with Gasteiger partial charge in [0.1, 0.15) is 0 Å². The van der Waals surface area contributed by atoms with Crippen molar-refractivity contribution in [1.29, 1.82) is 0 Å². The van der Waals surface area contributed by atoms with E-state index in [0.29, 0.717) is 39.0 Å². The van der Waals surface area contributed by atoms with Crippen LogP contribution in [-0.2, 0) is 19.7 Å². The highest BCUT2D eigenvalue weighted by atomic mass is 32.2. The van der Waals surface area contributed by atoms with Crippen molar-refractivity contribution in [1.82, 2.24) is 13.9 Å². The SMILES string of the molecule is COCCC(=O)NC1CCN(S(=O)(=O)N(C)C)CC1. The van der Waals surface area contributed by atoms with Gasteiger partial charge < -0.3 is 10.1 Å². The summed E-state index contributed by atoms with van der Waals surface area (Å²) in [7, 11) is 1.26. The van der Waals surface area contributed by atoms with Crippen LogP contribution in [0.3, 0.4) is 0 Å². The monoisotopic (exact) mass is 293 g/mol. The van der Waals surface area contributed by atoms with Crippen LogP contribution in [-0.4, -0.2) is 69.9 Å². The highest BCUT2D eigenvalue weighted by Gasteiger charge is 2.29. The number of piperidine rings is 1. The number of ether oxygens (including phenoxy) is 1. The van der Waals surface area contributed by atoms with Crippen molar-refractivity contribution in [2.75, 3.05) is 40.9 Å². The van der Waals surface area contributed by atoms with E-state index in [1.807, 2.05) is 0 Å².